The molecule has 0 bridgehead atoms. The van der Waals surface area contributed by atoms with Crippen LogP contribution < -0.4 is 4.74 Å². The number of oxime groups is 1. The largest absolute Gasteiger partial charge is 0.464 e. The first-order chi connectivity index (χ1) is 8.88. The molecule has 0 saturated heterocycles. The molecule has 18 heavy (non-hydrogen) atoms. The number of nitrogens with zero attached hydrogens (tertiary/aromatic N) is 1. The van der Waals surface area contributed by atoms with Crippen LogP contribution in [0.1, 0.15) is 31.7 Å². The van der Waals surface area contributed by atoms with Crippen LogP contribution in [0.25, 0.3) is 0 Å². The molecule has 0 atom stereocenters. The third kappa shape index (κ3) is 5.34. The molecule has 0 radical (unpaired) electrons. The molecule has 0 aliphatic carbocycles. The maximum atomic E-state index is 8.52. The number of hydrogen-bond donors (Lipinski definition) is 1. The molecule has 0 saturated carbocycles. The lowest BCUT2D eigenvalue weighted by Gasteiger charge is -2.02. The van der Waals surface area contributed by atoms with E-state index < -0.39 is 0 Å². The van der Waals surface area contributed by atoms with Gasteiger partial charge in [-0.1, -0.05) is 49.2 Å². The maximum absolute atomic E-state index is 8.52. The van der Waals surface area contributed by atoms with E-state index in [1.54, 1.807) is 6.26 Å². The Bertz CT molecular complexity index is 422. The summed E-state index contributed by atoms with van der Waals surface area (Å²) >= 11 is 0. The van der Waals surface area contributed by atoms with Crippen molar-refractivity contribution in [3.05, 3.63) is 54.3 Å². The zero-order valence-corrected chi connectivity index (χ0v) is 10.6. The van der Waals surface area contributed by atoms with Crippen molar-refractivity contribution >= 4 is 6.21 Å². The van der Waals surface area contributed by atoms with Crippen molar-refractivity contribution < 1.29 is 9.94 Å². The number of rotatable bonds is 7. The molecule has 3 heteroatoms. The minimum absolute atomic E-state index is 0.661. The van der Waals surface area contributed by atoms with Crippen molar-refractivity contribution in [2.24, 2.45) is 5.16 Å². The van der Waals surface area contributed by atoms with Crippen LogP contribution in [0.5, 0.6) is 5.75 Å². The van der Waals surface area contributed by atoms with Crippen LogP contribution >= 0.6 is 0 Å². The van der Waals surface area contributed by atoms with Gasteiger partial charge in [0.2, 0.25) is 0 Å². The van der Waals surface area contributed by atoms with Crippen LogP contribution in [-0.4, -0.2) is 11.4 Å². The Morgan fingerprint density at radius 1 is 1.28 bits per heavy atom. The lowest BCUT2D eigenvalue weighted by atomic mass is 10.2. The summed E-state index contributed by atoms with van der Waals surface area (Å²) in [6.45, 7) is 2.17. The normalized spacial score (nSPS) is 11.8. The van der Waals surface area contributed by atoms with E-state index in [-0.39, 0.29) is 0 Å². The van der Waals surface area contributed by atoms with E-state index in [0.717, 1.165) is 12.0 Å². The van der Waals surface area contributed by atoms with Crippen molar-refractivity contribution in [1.29, 1.82) is 0 Å². The van der Waals surface area contributed by atoms with Gasteiger partial charge in [0.05, 0.1) is 12.5 Å². The highest BCUT2D eigenvalue weighted by Gasteiger charge is 1.97. The quantitative estimate of drug-likeness (QED) is 0.196. The zero-order valence-electron chi connectivity index (χ0n) is 10.6. The van der Waals surface area contributed by atoms with Gasteiger partial charge in [-0.2, -0.15) is 0 Å². The van der Waals surface area contributed by atoms with Crippen molar-refractivity contribution in [2.45, 2.75) is 26.2 Å². The Hall–Kier alpha value is -2.03. The molecule has 1 aromatic carbocycles. The van der Waals surface area contributed by atoms with Gasteiger partial charge < -0.3 is 9.94 Å². The molecule has 0 aliphatic heterocycles. The fourth-order valence-electron chi connectivity index (χ4n) is 1.41. The van der Waals surface area contributed by atoms with Crippen molar-refractivity contribution in [2.75, 3.05) is 0 Å². The summed E-state index contributed by atoms with van der Waals surface area (Å²) in [6.07, 6.45) is 12.4. The van der Waals surface area contributed by atoms with E-state index in [2.05, 4.69) is 18.2 Å². The zero-order chi connectivity index (χ0) is 13.1. The molecular weight excluding hydrogens is 226 g/mol. The van der Waals surface area contributed by atoms with E-state index in [1.807, 2.05) is 36.4 Å². The molecule has 1 rings (SSSR count). The molecule has 1 N–H and O–H groups in total. The van der Waals surface area contributed by atoms with Crippen LogP contribution in [0.15, 0.2) is 53.9 Å². The van der Waals surface area contributed by atoms with Crippen LogP contribution in [0.3, 0.4) is 0 Å². The van der Waals surface area contributed by atoms with Gasteiger partial charge in [0.1, 0.15) is 5.75 Å². The third-order valence-electron chi connectivity index (χ3n) is 2.36. The Balaban J connectivity index is 2.48. The highest BCUT2D eigenvalue weighted by atomic mass is 16.5. The molecule has 0 aromatic heterocycles. The molecule has 0 fully saturated rings. The predicted octanol–water partition coefficient (Wildman–Crippen LogP) is 4.13. The number of hydrogen-bond acceptors (Lipinski definition) is 3. The van der Waals surface area contributed by atoms with Crippen LogP contribution in [0, 0.1) is 0 Å². The van der Waals surface area contributed by atoms with Crippen LogP contribution in [0.2, 0.25) is 0 Å². The Morgan fingerprint density at radius 2 is 2.11 bits per heavy atom. The second-order valence-electron chi connectivity index (χ2n) is 3.80. The predicted molar refractivity (Wildman–Crippen MR) is 74.3 cm³/mol. The van der Waals surface area contributed by atoms with Crippen LogP contribution in [0.4, 0.5) is 0 Å². The second kappa shape index (κ2) is 9.05. The summed E-state index contributed by atoms with van der Waals surface area (Å²) in [5.74, 6) is 0.661. The molecular formula is C15H19NO2. The number of para-hydroxylation sites is 1. The molecule has 0 aliphatic rings. The van der Waals surface area contributed by atoms with Gasteiger partial charge in [-0.25, -0.2) is 0 Å². The standard InChI is InChI=1S/C15H19NO2/c1-2-3-4-5-6-9-12-18-15-11-8-7-10-14(15)13-16-17/h5-13,17H,2-4H2,1H3. The van der Waals surface area contributed by atoms with Gasteiger partial charge in [-0.15, -0.1) is 0 Å². The van der Waals surface area contributed by atoms with E-state index in [0.29, 0.717) is 5.75 Å². The summed E-state index contributed by atoms with van der Waals surface area (Å²) in [5.41, 5.74) is 0.736. The Labute approximate surface area is 108 Å². The van der Waals surface area contributed by atoms with Gasteiger partial charge in [-0.05, 0) is 24.6 Å². The minimum atomic E-state index is 0.661. The maximum Gasteiger partial charge on any atom is 0.135 e. The summed E-state index contributed by atoms with van der Waals surface area (Å²) in [5, 5.41) is 11.5. The molecule has 3 nitrogen and oxygen atoms in total. The van der Waals surface area contributed by atoms with E-state index in [1.165, 1.54) is 19.1 Å². The van der Waals surface area contributed by atoms with Crippen molar-refractivity contribution in [3.63, 3.8) is 0 Å². The Morgan fingerprint density at radius 3 is 2.89 bits per heavy atom. The molecule has 0 heterocycles. The second-order valence-corrected chi connectivity index (χ2v) is 3.80. The molecule has 0 amide bonds. The first-order valence-electron chi connectivity index (χ1n) is 6.13. The van der Waals surface area contributed by atoms with Gasteiger partial charge in [0.25, 0.3) is 0 Å². The summed E-state index contributed by atoms with van der Waals surface area (Å²) in [4.78, 5) is 0. The summed E-state index contributed by atoms with van der Waals surface area (Å²) in [6, 6.07) is 7.37. The number of benzene rings is 1. The first kappa shape index (κ1) is 14.0. The molecule has 1 aromatic rings. The third-order valence-corrected chi connectivity index (χ3v) is 2.36. The monoisotopic (exact) mass is 245 g/mol. The lowest BCUT2D eigenvalue weighted by Crippen LogP contribution is -1.89. The average Bonchev–Trinajstić information content (AvgIpc) is 2.40. The van der Waals surface area contributed by atoms with Gasteiger partial charge in [0.15, 0.2) is 0 Å². The number of allylic oxidation sites excluding steroid dienone is 3. The Kier molecular flexibility index (Phi) is 7.05. The first-order valence-corrected chi connectivity index (χ1v) is 6.13. The topological polar surface area (TPSA) is 41.8 Å². The number of unbranched alkanes of at least 4 members (excludes halogenated alkanes) is 2. The summed E-state index contributed by atoms with van der Waals surface area (Å²) in [7, 11) is 0. The van der Waals surface area contributed by atoms with Gasteiger partial charge >= 0.3 is 0 Å². The minimum Gasteiger partial charge on any atom is -0.464 e. The van der Waals surface area contributed by atoms with Gasteiger partial charge in [-0.3, -0.25) is 0 Å². The van der Waals surface area contributed by atoms with E-state index >= 15 is 0 Å². The van der Waals surface area contributed by atoms with E-state index in [9.17, 15) is 0 Å². The fourth-order valence-corrected chi connectivity index (χ4v) is 1.41. The highest BCUT2D eigenvalue weighted by Crippen LogP contribution is 2.15. The fraction of sp³-hybridized carbons (Fsp3) is 0.267. The van der Waals surface area contributed by atoms with E-state index in [4.69, 9.17) is 9.94 Å². The molecule has 96 valence electrons. The SMILES string of the molecule is CCCCC=CC=COc1ccccc1C=NO. The summed E-state index contributed by atoms with van der Waals surface area (Å²) < 4.78 is 5.46. The molecule has 0 unspecified atom stereocenters. The number of ether oxygens (including phenoxy) is 1. The smallest absolute Gasteiger partial charge is 0.135 e. The van der Waals surface area contributed by atoms with Crippen molar-refractivity contribution in [3.8, 4) is 5.75 Å². The molecule has 0 spiro atoms. The average molecular weight is 245 g/mol. The highest BCUT2D eigenvalue weighted by molar-refractivity contribution is 5.82. The van der Waals surface area contributed by atoms with Crippen molar-refractivity contribution in [1.82, 2.24) is 0 Å². The van der Waals surface area contributed by atoms with Gasteiger partial charge in [0, 0.05) is 5.56 Å². The lowest BCUT2D eigenvalue weighted by molar-refractivity contribution is 0.321. The van der Waals surface area contributed by atoms with Crippen LogP contribution in [-0.2, 0) is 0 Å².